The van der Waals surface area contributed by atoms with Crippen molar-refractivity contribution < 1.29 is 18.7 Å². The van der Waals surface area contributed by atoms with Crippen molar-refractivity contribution in [2.24, 2.45) is 5.92 Å². The van der Waals surface area contributed by atoms with E-state index in [1.54, 1.807) is 11.0 Å². The number of amides is 2. The third-order valence-corrected chi connectivity index (χ3v) is 4.40. The zero-order valence-corrected chi connectivity index (χ0v) is 14.8. The number of hydrogen-bond donors (Lipinski definition) is 1. The number of ether oxygens (including phenoxy) is 1. The average molecular weight is 350 g/mol. The Morgan fingerprint density at radius 1 is 1.44 bits per heavy atom. The van der Waals surface area contributed by atoms with Crippen molar-refractivity contribution in [1.29, 1.82) is 0 Å². The highest BCUT2D eigenvalue weighted by Gasteiger charge is 2.29. The van der Waals surface area contributed by atoms with Crippen molar-refractivity contribution in [2.75, 3.05) is 32.8 Å². The van der Waals surface area contributed by atoms with E-state index < -0.39 is 0 Å². The van der Waals surface area contributed by atoms with Crippen LogP contribution in [0, 0.1) is 11.7 Å². The van der Waals surface area contributed by atoms with Gasteiger partial charge in [-0.3, -0.25) is 9.59 Å². The second-order valence-corrected chi connectivity index (χ2v) is 6.30. The molecular formula is C19H27FN2O3. The molecule has 2 amide bonds. The molecule has 1 aromatic carbocycles. The summed E-state index contributed by atoms with van der Waals surface area (Å²) in [5.41, 5.74) is 0.857. The molecule has 1 fully saturated rings. The number of piperidine rings is 1. The number of benzene rings is 1. The van der Waals surface area contributed by atoms with Crippen molar-refractivity contribution in [2.45, 2.75) is 32.6 Å². The summed E-state index contributed by atoms with van der Waals surface area (Å²) in [5.74, 6) is -0.374. The first kappa shape index (κ1) is 19.4. The van der Waals surface area contributed by atoms with Crippen LogP contribution >= 0.6 is 0 Å². The zero-order chi connectivity index (χ0) is 18.1. The molecule has 0 radical (unpaired) electrons. The lowest BCUT2D eigenvalue weighted by atomic mass is 9.96. The van der Waals surface area contributed by atoms with Crippen molar-refractivity contribution >= 4 is 11.8 Å². The predicted molar refractivity (Wildman–Crippen MR) is 93.5 cm³/mol. The Hall–Kier alpha value is -1.95. The minimum Gasteiger partial charge on any atom is -0.382 e. The van der Waals surface area contributed by atoms with Gasteiger partial charge in [-0.25, -0.2) is 4.39 Å². The summed E-state index contributed by atoms with van der Waals surface area (Å²) in [4.78, 5) is 26.1. The van der Waals surface area contributed by atoms with E-state index in [0.29, 0.717) is 52.1 Å². The SMILES string of the molecule is CCOCCCNC(=O)C1CCC(=O)N(CCc2cccc(F)c2)C1. The summed E-state index contributed by atoms with van der Waals surface area (Å²) in [6.45, 7) is 4.79. The summed E-state index contributed by atoms with van der Waals surface area (Å²) in [5, 5.41) is 2.92. The Labute approximate surface area is 148 Å². The highest BCUT2D eigenvalue weighted by Crippen LogP contribution is 2.18. The van der Waals surface area contributed by atoms with Crippen LogP contribution in [0.4, 0.5) is 4.39 Å². The van der Waals surface area contributed by atoms with Crippen LogP contribution in [0.1, 0.15) is 31.7 Å². The topological polar surface area (TPSA) is 58.6 Å². The molecule has 0 bridgehead atoms. The minimum absolute atomic E-state index is 0.000228. The molecule has 1 aromatic rings. The van der Waals surface area contributed by atoms with Crippen LogP contribution in [0.25, 0.3) is 0 Å². The fraction of sp³-hybridized carbons (Fsp3) is 0.579. The second-order valence-electron chi connectivity index (χ2n) is 6.30. The van der Waals surface area contributed by atoms with Gasteiger partial charge in [-0.05, 0) is 43.9 Å². The van der Waals surface area contributed by atoms with Crippen LogP contribution in [0.5, 0.6) is 0 Å². The molecule has 0 aromatic heterocycles. The van der Waals surface area contributed by atoms with E-state index in [-0.39, 0.29) is 23.5 Å². The highest BCUT2D eigenvalue weighted by atomic mass is 19.1. The maximum Gasteiger partial charge on any atom is 0.224 e. The van der Waals surface area contributed by atoms with Crippen molar-refractivity contribution in [3.05, 3.63) is 35.6 Å². The third-order valence-electron chi connectivity index (χ3n) is 4.40. The lowest BCUT2D eigenvalue weighted by molar-refractivity contribution is -0.138. The summed E-state index contributed by atoms with van der Waals surface area (Å²) in [6, 6.07) is 6.40. The Morgan fingerprint density at radius 3 is 3.04 bits per heavy atom. The maximum absolute atomic E-state index is 13.2. The monoisotopic (exact) mass is 350 g/mol. The molecule has 1 aliphatic heterocycles. The molecule has 1 saturated heterocycles. The average Bonchev–Trinajstić information content (AvgIpc) is 2.60. The third kappa shape index (κ3) is 6.46. The van der Waals surface area contributed by atoms with Gasteiger partial charge in [0.25, 0.3) is 0 Å². The molecule has 25 heavy (non-hydrogen) atoms. The lowest BCUT2D eigenvalue weighted by Crippen LogP contribution is -2.46. The summed E-state index contributed by atoms with van der Waals surface area (Å²) in [6.07, 6.45) is 2.35. The van der Waals surface area contributed by atoms with Gasteiger partial charge in [0, 0.05) is 39.3 Å². The fourth-order valence-electron chi connectivity index (χ4n) is 2.98. The number of carbonyl (C=O) groups is 2. The van der Waals surface area contributed by atoms with Gasteiger partial charge in [0.2, 0.25) is 11.8 Å². The molecule has 0 spiro atoms. The van der Waals surface area contributed by atoms with E-state index >= 15 is 0 Å². The molecule has 1 heterocycles. The lowest BCUT2D eigenvalue weighted by Gasteiger charge is -2.32. The molecule has 1 aliphatic rings. The van der Waals surface area contributed by atoms with Gasteiger partial charge < -0.3 is 15.0 Å². The van der Waals surface area contributed by atoms with Gasteiger partial charge >= 0.3 is 0 Å². The van der Waals surface area contributed by atoms with Crippen molar-refractivity contribution in [3.63, 3.8) is 0 Å². The van der Waals surface area contributed by atoms with Crippen LogP contribution < -0.4 is 5.32 Å². The van der Waals surface area contributed by atoms with Gasteiger partial charge in [-0.1, -0.05) is 12.1 Å². The van der Waals surface area contributed by atoms with Gasteiger partial charge in [0.1, 0.15) is 5.82 Å². The van der Waals surface area contributed by atoms with Gasteiger partial charge in [-0.2, -0.15) is 0 Å². The highest BCUT2D eigenvalue weighted by molar-refractivity contribution is 5.83. The molecular weight excluding hydrogens is 323 g/mol. The number of likely N-dealkylation sites (tertiary alicyclic amines) is 1. The molecule has 2 rings (SSSR count). The number of nitrogens with zero attached hydrogens (tertiary/aromatic N) is 1. The van der Waals surface area contributed by atoms with Crippen LogP contribution in [-0.2, 0) is 20.7 Å². The van der Waals surface area contributed by atoms with Crippen LogP contribution in [0.3, 0.4) is 0 Å². The molecule has 6 heteroatoms. The van der Waals surface area contributed by atoms with Crippen molar-refractivity contribution in [1.82, 2.24) is 10.2 Å². The molecule has 0 aliphatic carbocycles. The van der Waals surface area contributed by atoms with E-state index in [0.717, 1.165) is 12.0 Å². The smallest absolute Gasteiger partial charge is 0.224 e. The van der Waals surface area contributed by atoms with Crippen molar-refractivity contribution in [3.8, 4) is 0 Å². The summed E-state index contributed by atoms with van der Waals surface area (Å²) < 4.78 is 18.5. The standard InChI is InChI=1S/C19H27FN2O3/c1-2-25-12-4-10-21-19(24)16-7-8-18(23)22(14-16)11-9-15-5-3-6-17(20)13-15/h3,5-6,13,16H,2,4,7-12,14H2,1H3,(H,21,24). The van der Waals surface area contributed by atoms with E-state index in [1.165, 1.54) is 12.1 Å². The largest absolute Gasteiger partial charge is 0.382 e. The molecule has 5 nitrogen and oxygen atoms in total. The number of nitrogens with one attached hydrogen (secondary N) is 1. The number of carbonyl (C=O) groups excluding carboxylic acids is 2. The number of halogens is 1. The van der Waals surface area contributed by atoms with E-state index in [1.807, 2.05) is 13.0 Å². The molecule has 0 saturated carbocycles. The predicted octanol–water partition coefficient (Wildman–Crippen LogP) is 2.15. The first-order valence-electron chi connectivity index (χ1n) is 8.97. The molecule has 1 N–H and O–H groups in total. The second kappa shape index (κ2) is 10.1. The first-order chi connectivity index (χ1) is 12.1. The Bertz CT molecular complexity index is 580. The molecule has 1 unspecified atom stereocenters. The Balaban J connectivity index is 1.77. The fourth-order valence-corrected chi connectivity index (χ4v) is 2.98. The molecule has 1 atom stereocenters. The normalized spacial score (nSPS) is 17.6. The summed E-state index contributed by atoms with van der Waals surface area (Å²) >= 11 is 0. The van der Waals surface area contributed by atoms with Crippen LogP contribution in [0.2, 0.25) is 0 Å². The number of rotatable bonds is 9. The first-order valence-corrected chi connectivity index (χ1v) is 8.97. The summed E-state index contributed by atoms with van der Waals surface area (Å²) in [7, 11) is 0. The van der Waals surface area contributed by atoms with Crippen LogP contribution in [-0.4, -0.2) is 49.6 Å². The minimum atomic E-state index is -0.272. The Morgan fingerprint density at radius 2 is 2.28 bits per heavy atom. The zero-order valence-electron chi connectivity index (χ0n) is 14.8. The van der Waals surface area contributed by atoms with E-state index in [9.17, 15) is 14.0 Å². The number of hydrogen-bond acceptors (Lipinski definition) is 3. The van der Waals surface area contributed by atoms with Crippen LogP contribution in [0.15, 0.2) is 24.3 Å². The van der Waals surface area contributed by atoms with E-state index in [2.05, 4.69) is 5.32 Å². The van der Waals surface area contributed by atoms with Gasteiger partial charge in [0.05, 0.1) is 5.92 Å². The quantitative estimate of drug-likeness (QED) is 0.694. The van der Waals surface area contributed by atoms with Gasteiger partial charge in [-0.15, -0.1) is 0 Å². The molecule has 138 valence electrons. The Kier molecular flexibility index (Phi) is 7.85. The van der Waals surface area contributed by atoms with E-state index in [4.69, 9.17) is 4.74 Å². The maximum atomic E-state index is 13.2. The van der Waals surface area contributed by atoms with Gasteiger partial charge in [0.15, 0.2) is 0 Å².